The molecule has 1 aliphatic rings. The molecule has 0 unspecified atom stereocenters. The Morgan fingerprint density at radius 1 is 1.31 bits per heavy atom. The minimum absolute atomic E-state index is 0.127. The van der Waals surface area contributed by atoms with E-state index < -0.39 is 24.5 Å². The van der Waals surface area contributed by atoms with E-state index in [1.807, 2.05) is 0 Å². The van der Waals surface area contributed by atoms with E-state index in [1.165, 1.54) is 25.5 Å². The highest BCUT2D eigenvalue weighted by atomic mass is 35.5. The summed E-state index contributed by atoms with van der Waals surface area (Å²) in [4.78, 5) is 33.8. The van der Waals surface area contributed by atoms with E-state index in [0.29, 0.717) is 17.9 Å². The van der Waals surface area contributed by atoms with Crippen LogP contribution in [0.5, 0.6) is 11.5 Å². The fraction of sp³-hybridized carbons (Fsp3) is 0.235. The number of ether oxygens (including phenoxy) is 3. The van der Waals surface area contributed by atoms with Crippen molar-refractivity contribution in [3.63, 3.8) is 0 Å². The van der Waals surface area contributed by atoms with Crippen LogP contribution < -0.4 is 14.8 Å². The summed E-state index contributed by atoms with van der Waals surface area (Å²) < 4.78 is 15.1. The third-order valence-corrected chi connectivity index (χ3v) is 4.39. The number of halogens is 1. The Morgan fingerprint density at radius 2 is 2.03 bits per heavy atom. The van der Waals surface area contributed by atoms with Crippen molar-refractivity contribution in [2.24, 2.45) is 10.2 Å². The van der Waals surface area contributed by atoms with Crippen LogP contribution in [0.15, 0.2) is 33.3 Å². The van der Waals surface area contributed by atoms with Gasteiger partial charge < -0.3 is 19.3 Å². The second-order valence-electron chi connectivity index (χ2n) is 5.17. The standard InChI is InChI=1S/C17H16ClN3O7S/c1-3-27-11-4-9(10(18)5-12(11)28-8-14(22)23)7-19-21-17-20-16(25)13(29-17)6-15(24)26-2/h4-7H,3,8H2,1-2H3,(H,22,23)(H,20,21,25)/b13-6+,19-7?. The van der Waals surface area contributed by atoms with Gasteiger partial charge in [-0.15, -0.1) is 5.10 Å². The lowest BCUT2D eigenvalue weighted by Crippen LogP contribution is -2.19. The van der Waals surface area contributed by atoms with Crippen LogP contribution in [0.3, 0.4) is 0 Å². The number of carbonyl (C=O) groups excluding carboxylic acids is 2. The number of hydrogen-bond acceptors (Lipinski definition) is 9. The average Bonchev–Trinajstić information content (AvgIpc) is 3.01. The van der Waals surface area contributed by atoms with Gasteiger partial charge >= 0.3 is 11.9 Å². The van der Waals surface area contributed by atoms with Crippen molar-refractivity contribution >= 4 is 52.6 Å². The first-order valence-electron chi connectivity index (χ1n) is 8.04. The Hall–Kier alpha value is -3.05. The summed E-state index contributed by atoms with van der Waals surface area (Å²) >= 11 is 7.10. The van der Waals surface area contributed by atoms with Crippen LogP contribution in [-0.2, 0) is 19.1 Å². The number of rotatable bonds is 8. The van der Waals surface area contributed by atoms with Gasteiger partial charge in [-0.05, 0) is 24.8 Å². The van der Waals surface area contributed by atoms with Crippen molar-refractivity contribution in [1.82, 2.24) is 5.32 Å². The maximum absolute atomic E-state index is 11.8. The van der Waals surface area contributed by atoms with E-state index in [1.54, 1.807) is 6.92 Å². The molecule has 0 bridgehead atoms. The summed E-state index contributed by atoms with van der Waals surface area (Å²) in [6, 6.07) is 2.93. The molecule has 0 saturated carbocycles. The molecule has 1 aromatic carbocycles. The molecule has 12 heteroatoms. The molecule has 0 atom stereocenters. The lowest BCUT2D eigenvalue weighted by atomic mass is 10.2. The van der Waals surface area contributed by atoms with Crippen LogP contribution in [0, 0.1) is 0 Å². The maximum atomic E-state index is 11.8. The number of esters is 1. The zero-order valence-corrected chi connectivity index (χ0v) is 16.9. The van der Waals surface area contributed by atoms with Crippen LogP contribution in [0.4, 0.5) is 0 Å². The lowest BCUT2D eigenvalue weighted by molar-refractivity contribution is -0.139. The van der Waals surface area contributed by atoms with Crippen LogP contribution >= 0.6 is 23.4 Å². The van der Waals surface area contributed by atoms with E-state index in [0.717, 1.165) is 17.8 Å². The summed E-state index contributed by atoms with van der Waals surface area (Å²) in [5, 5.41) is 19.3. The van der Waals surface area contributed by atoms with E-state index in [2.05, 4.69) is 20.3 Å². The van der Waals surface area contributed by atoms with Gasteiger partial charge in [0.2, 0.25) is 0 Å². The molecule has 29 heavy (non-hydrogen) atoms. The molecule has 1 saturated heterocycles. The van der Waals surface area contributed by atoms with Gasteiger partial charge in [0.25, 0.3) is 5.91 Å². The van der Waals surface area contributed by atoms with E-state index in [9.17, 15) is 14.4 Å². The number of nitrogens with zero attached hydrogens (tertiary/aromatic N) is 2. The van der Waals surface area contributed by atoms with E-state index >= 15 is 0 Å². The number of amidine groups is 1. The largest absolute Gasteiger partial charge is 0.490 e. The number of carboxylic acid groups (broad SMARTS) is 1. The Balaban J connectivity index is 2.17. The van der Waals surface area contributed by atoms with Crippen molar-refractivity contribution in [3.8, 4) is 11.5 Å². The molecular weight excluding hydrogens is 426 g/mol. The van der Waals surface area contributed by atoms with Crippen molar-refractivity contribution in [1.29, 1.82) is 0 Å². The van der Waals surface area contributed by atoms with Gasteiger partial charge in [-0.3, -0.25) is 10.1 Å². The maximum Gasteiger partial charge on any atom is 0.341 e. The van der Waals surface area contributed by atoms with Crippen molar-refractivity contribution in [3.05, 3.63) is 33.7 Å². The molecule has 1 heterocycles. The Kier molecular flexibility index (Phi) is 8.04. The van der Waals surface area contributed by atoms with Crippen LogP contribution in [0.2, 0.25) is 5.02 Å². The molecule has 2 N–H and O–H groups in total. The van der Waals surface area contributed by atoms with Crippen molar-refractivity contribution in [2.45, 2.75) is 6.92 Å². The zero-order valence-electron chi connectivity index (χ0n) is 15.3. The van der Waals surface area contributed by atoms with Gasteiger partial charge in [0, 0.05) is 17.7 Å². The fourth-order valence-corrected chi connectivity index (χ4v) is 2.90. The highest BCUT2D eigenvalue weighted by Gasteiger charge is 2.25. The monoisotopic (exact) mass is 441 g/mol. The SMILES string of the molecule is CCOc1cc(C=N/N=C2/NC(=O)/C(=C\C(=O)OC)S2)c(Cl)cc1OCC(=O)O. The number of carbonyl (C=O) groups is 3. The van der Waals surface area contributed by atoms with Gasteiger partial charge in [-0.2, -0.15) is 5.10 Å². The summed E-state index contributed by atoms with van der Waals surface area (Å²) in [5.41, 5.74) is 0.432. The molecule has 1 amide bonds. The number of nitrogens with one attached hydrogen (secondary N) is 1. The smallest absolute Gasteiger partial charge is 0.341 e. The number of hydrogen-bond donors (Lipinski definition) is 2. The van der Waals surface area contributed by atoms with Gasteiger partial charge in [-0.25, -0.2) is 9.59 Å². The number of thioether (sulfide) groups is 1. The van der Waals surface area contributed by atoms with Crippen LogP contribution in [-0.4, -0.2) is 54.7 Å². The normalized spacial score (nSPS) is 16.3. The van der Waals surface area contributed by atoms with Gasteiger partial charge in [0.05, 0.1) is 29.9 Å². The van der Waals surface area contributed by atoms with Gasteiger partial charge in [0.1, 0.15) is 0 Å². The van der Waals surface area contributed by atoms with E-state index in [-0.39, 0.29) is 20.8 Å². The van der Waals surface area contributed by atoms with Crippen molar-refractivity contribution < 1.29 is 33.7 Å². The lowest BCUT2D eigenvalue weighted by Gasteiger charge is -2.12. The van der Waals surface area contributed by atoms with E-state index in [4.69, 9.17) is 26.2 Å². The number of methoxy groups -OCH3 is 1. The molecule has 1 aliphatic heterocycles. The number of carboxylic acids is 1. The molecule has 2 rings (SSSR count). The molecule has 0 spiro atoms. The first kappa shape index (κ1) is 22.2. The zero-order chi connectivity index (χ0) is 21.4. The van der Waals surface area contributed by atoms with Gasteiger partial charge in [-0.1, -0.05) is 11.6 Å². The predicted octanol–water partition coefficient (Wildman–Crippen LogP) is 1.81. The van der Waals surface area contributed by atoms with Crippen LogP contribution in [0.25, 0.3) is 0 Å². The minimum atomic E-state index is -1.14. The topological polar surface area (TPSA) is 136 Å². The molecule has 154 valence electrons. The second kappa shape index (κ2) is 10.5. The minimum Gasteiger partial charge on any atom is -0.490 e. The van der Waals surface area contributed by atoms with Crippen LogP contribution in [0.1, 0.15) is 12.5 Å². The molecule has 1 fully saturated rings. The first-order chi connectivity index (χ1) is 13.8. The number of benzene rings is 1. The second-order valence-corrected chi connectivity index (χ2v) is 6.61. The molecule has 10 nitrogen and oxygen atoms in total. The molecule has 0 radical (unpaired) electrons. The first-order valence-corrected chi connectivity index (χ1v) is 9.24. The fourth-order valence-electron chi connectivity index (χ4n) is 1.96. The molecule has 0 aliphatic carbocycles. The Bertz CT molecular complexity index is 915. The van der Waals surface area contributed by atoms with Gasteiger partial charge in [0.15, 0.2) is 23.3 Å². The summed E-state index contributed by atoms with van der Waals surface area (Å²) in [6.07, 6.45) is 2.38. The third kappa shape index (κ3) is 6.50. The molecule has 0 aromatic heterocycles. The molecular formula is C17H16ClN3O7S. The highest BCUT2D eigenvalue weighted by molar-refractivity contribution is 8.18. The average molecular weight is 442 g/mol. The Labute approximate surface area is 174 Å². The number of amides is 1. The van der Waals surface area contributed by atoms with Crippen molar-refractivity contribution in [2.75, 3.05) is 20.3 Å². The molecule has 1 aromatic rings. The third-order valence-electron chi connectivity index (χ3n) is 3.16. The quantitative estimate of drug-likeness (QED) is 0.270. The summed E-state index contributed by atoms with van der Waals surface area (Å²) in [5.74, 6) is -1.82. The summed E-state index contributed by atoms with van der Waals surface area (Å²) in [7, 11) is 1.20. The Morgan fingerprint density at radius 3 is 2.69 bits per heavy atom. The predicted molar refractivity (Wildman–Crippen MR) is 107 cm³/mol. The highest BCUT2D eigenvalue weighted by Crippen LogP contribution is 2.33. The number of aliphatic carboxylic acids is 1. The summed E-state index contributed by atoms with van der Waals surface area (Å²) in [6.45, 7) is 1.53.